The first kappa shape index (κ1) is 7.78. The Morgan fingerprint density at radius 3 is 2.33 bits per heavy atom. The topological polar surface area (TPSA) is 17.1 Å². The molecule has 1 heteroatoms. The van der Waals surface area contributed by atoms with Crippen LogP contribution in [0.1, 0.15) is 26.2 Å². The highest BCUT2D eigenvalue weighted by Gasteiger charge is 2.37. The first-order valence-corrected chi connectivity index (χ1v) is 4.61. The van der Waals surface area contributed by atoms with Crippen molar-refractivity contribution in [1.29, 1.82) is 0 Å². The molecule has 0 aromatic carbocycles. The minimum Gasteiger partial charge on any atom is -0.290 e. The van der Waals surface area contributed by atoms with Crippen molar-refractivity contribution in [3.05, 3.63) is 24.3 Å². The molecule has 2 rings (SSSR count). The van der Waals surface area contributed by atoms with E-state index >= 15 is 0 Å². The third-order valence-electron chi connectivity index (χ3n) is 3.24. The lowest BCUT2D eigenvalue weighted by molar-refractivity contribution is -0.110. The van der Waals surface area contributed by atoms with Crippen molar-refractivity contribution in [2.24, 2.45) is 11.3 Å². The van der Waals surface area contributed by atoms with E-state index in [9.17, 15) is 4.79 Å². The van der Waals surface area contributed by atoms with Crippen LogP contribution in [-0.4, -0.2) is 5.78 Å². The summed E-state index contributed by atoms with van der Waals surface area (Å²) < 4.78 is 0. The van der Waals surface area contributed by atoms with Crippen molar-refractivity contribution in [3.8, 4) is 0 Å². The number of allylic oxidation sites excluding steroid dienone is 4. The van der Waals surface area contributed by atoms with E-state index in [1.54, 1.807) is 12.2 Å². The van der Waals surface area contributed by atoms with E-state index < -0.39 is 0 Å². The van der Waals surface area contributed by atoms with Crippen LogP contribution in [0.5, 0.6) is 0 Å². The normalized spacial score (nSPS) is 27.2. The van der Waals surface area contributed by atoms with E-state index in [0.717, 1.165) is 0 Å². The lowest BCUT2D eigenvalue weighted by Gasteiger charge is -2.43. The Balaban J connectivity index is 2.11. The number of hydrogen-bond acceptors (Lipinski definition) is 1. The van der Waals surface area contributed by atoms with Crippen LogP contribution in [0.4, 0.5) is 0 Å². The molecule has 0 spiro atoms. The highest BCUT2D eigenvalue weighted by Crippen LogP contribution is 2.48. The van der Waals surface area contributed by atoms with Gasteiger partial charge in [0.2, 0.25) is 0 Å². The van der Waals surface area contributed by atoms with Gasteiger partial charge in [0.25, 0.3) is 0 Å². The predicted molar refractivity (Wildman–Crippen MR) is 48.7 cm³/mol. The third kappa shape index (κ3) is 1.13. The van der Waals surface area contributed by atoms with E-state index in [4.69, 9.17) is 0 Å². The van der Waals surface area contributed by atoms with Crippen LogP contribution < -0.4 is 0 Å². The monoisotopic (exact) mass is 162 g/mol. The van der Waals surface area contributed by atoms with E-state index in [1.807, 2.05) is 0 Å². The van der Waals surface area contributed by atoms with Gasteiger partial charge in [-0.2, -0.15) is 0 Å². The summed E-state index contributed by atoms with van der Waals surface area (Å²) in [6.07, 6.45) is 11.5. The second-order valence-corrected chi connectivity index (χ2v) is 4.15. The van der Waals surface area contributed by atoms with Crippen LogP contribution >= 0.6 is 0 Å². The summed E-state index contributed by atoms with van der Waals surface area (Å²) in [6.45, 7) is 2.31. The standard InChI is InChI=1S/C11H14O/c1-11(7-2-8-11)9-3-5-10(12)6-4-9/h3-6,9H,2,7-8H2,1H3. The van der Waals surface area contributed by atoms with Crippen molar-refractivity contribution in [2.75, 3.05) is 0 Å². The SMILES string of the molecule is CC1(C2C=CC(=O)C=C2)CCC1. The fraction of sp³-hybridized carbons (Fsp3) is 0.545. The molecule has 0 heterocycles. The Kier molecular flexibility index (Phi) is 1.67. The van der Waals surface area contributed by atoms with Crippen molar-refractivity contribution >= 4 is 5.78 Å². The van der Waals surface area contributed by atoms with Crippen LogP contribution in [0, 0.1) is 11.3 Å². The van der Waals surface area contributed by atoms with Gasteiger partial charge >= 0.3 is 0 Å². The molecule has 0 aliphatic heterocycles. The molecule has 1 fully saturated rings. The number of carbonyl (C=O) groups is 1. The molecule has 0 N–H and O–H groups in total. The summed E-state index contributed by atoms with van der Waals surface area (Å²) >= 11 is 0. The maximum Gasteiger partial charge on any atom is 0.178 e. The molecule has 1 nitrogen and oxygen atoms in total. The molecule has 64 valence electrons. The Labute approximate surface area is 73.2 Å². The predicted octanol–water partition coefficient (Wildman–Crippen LogP) is 2.49. The molecule has 0 amide bonds. The van der Waals surface area contributed by atoms with Gasteiger partial charge in [-0.3, -0.25) is 4.79 Å². The minimum absolute atomic E-state index is 0.133. The fourth-order valence-corrected chi connectivity index (χ4v) is 2.05. The summed E-state index contributed by atoms with van der Waals surface area (Å²) in [7, 11) is 0. The van der Waals surface area contributed by atoms with Gasteiger partial charge in [0.05, 0.1) is 0 Å². The summed E-state index contributed by atoms with van der Waals surface area (Å²) in [5.41, 5.74) is 0.452. The number of hydrogen-bond donors (Lipinski definition) is 0. The van der Waals surface area contributed by atoms with Gasteiger partial charge in [0, 0.05) is 5.92 Å². The van der Waals surface area contributed by atoms with Crippen molar-refractivity contribution in [2.45, 2.75) is 26.2 Å². The second-order valence-electron chi connectivity index (χ2n) is 4.15. The van der Waals surface area contributed by atoms with E-state index in [-0.39, 0.29) is 5.78 Å². The Bertz CT molecular complexity index is 240. The summed E-state index contributed by atoms with van der Waals surface area (Å²) in [5.74, 6) is 0.637. The Morgan fingerprint density at radius 1 is 1.33 bits per heavy atom. The van der Waals surface area contributed by atoms with Crippen LogP contribution in [0.15, 0.2) is 24.3 Å². The van der Waals surface area contributed by atoms with Crippen molar-refractivity contribution in [1.82, 2.24) is 0 Å². The van der Waals surface area contributed by atoms with Gasteiger partial charge in [0.1, 0.15) is 0 Å². The number of ketones is 1. The molecule has 0 saturated heterocycles. The van der Waals surface area contributed by atoms with E-state index in [1.165, 1.54) is 19.3 Å². The van der Waals surface area contributed by atoms with Gasteiger partial charge in [-0.15, -0.1) is 0 Å². The van der Waals surface area contributed by atoms with E-state index in [2.05, 4.69) is 19.1 Å². The fourth-order valence-electron chi connectivity index (χ4n) is 2.05. The van der Waals surface area contributed by atoms with Gasteiger partial charge in [-0.1, -0.05) is 25.5 Å². The van der Waals surface area contributed by atoms with Crippen molar-refractivity contribution in [3.63, 3.8) is 0 Å². The zero-order chi connectivity index (χ0) is 8.60. The lowest BCUT2D eigenvalue weighted by Crippen LogP contribution is -2.33. The average molecular weight is 162 g/mol. The first-order valence-electron chi connectivity index (χ1n) is 4.61. The molecule has 12 heavy (non-hydrogen) atoms. The molecule has 0 aromatic rings. The number of carbonyl (C=O) groups excluding carboxylic acids is 1. The second kappa shape index (κ2) is 2.58. The zero-order valence-corrected chi connectivity index (χ0v) is 7.42. The highest BCUT2D eigenvalue weighted by atomic mass is 16.1. The molecular formula is C11H14O. The van der Waals surface area contributed by atoms with E-state index in [0.29, 0.717) is 11.3 Å². The molecule has 1 saturated carbocycles. The van der Waals surface area contributed by atoms with Gasteiger partial charge in [0.15, 0.2) is 5.78 Å². The van der Waals surface area contributed by atoms with Gasteiger partial charge in [-0.25, -0.2) is 0 Å². The Morgan fingerprint density at radius 2 is 1.92 bits per heavy atom. The average Bonchev–Trinajstić information content (AvgIpc) is 2.02. The minimum atomic E-state index is 0.133. The van der Waals surface area contributed by atoms with Crippen LogP contribution in [-0.2, 0) is 4.79 Å². The van der Waals surface area contributed by atoms with Gasteiger partial charge in [-0.05, 0) is 30.4 Å². The maximum atomic E-state index is 10.9. The molecule has 0 atom stereocenters. The zero-order valence-electron chi connectivity index (χ0n) is 7.42. The first-order chi connectivity index (χ1) is 5.71. The van der Waals surface area contributed by atoms with Gasteiger partial charge < -0.3 is 0 Å². The molecule has 2 aliphatic carbocycles. The summed E-state index contributed by atoms with van der Waals surface area (Å²) in [6, 6.07) is 0. The molecule has 2 aliphatic rings. The third-order valence-corrected chi connectivity index (χ3v) is 3.24. The molecular weight excluding hydrogens is 148 g/mol. The number of rotatable bonds is 1. The molecule has 0 unspecified atom stereocenters. The van der Waals surface area contributed by atoms with Crippen LogP contribution in [0.25, 0.3) is 0 Å². The molecule has 0 bridgehead atoms. The molecule has 0 aromatic heterocycles. The summed E-state index contributed by atoms with van der Waals surface area (Å²) in [5, 5.41) is 0. The Hall–Kier alpha value is -0.850. The lowest BCUT2D eigenvalue weighted by atomic mass is 9.62. The smallest absolute Gasteiger partial charge is 0.178 e. The van der Waals surface area contributed by atoms with Crippen LogP contribution in [0.2, 0.25) is 0 Å². The summed E-state index contributed by atoms with van der Waals surface area (Å²) in [4.78, 5) is 10.9. The quantitative estimate of drug-likeness (QED) is 0.579. The highest BCUT2D eigenvalue weighted by molar-refractivity contribution is 6.00. The van der Waals surface area contributed by atoms with Crippen molar-refractivity contribution < 1.29 is 4.79 Å². The maximum absolute atomic E-state index is 10.9. The largest absolute Gasteiger partial charge is 0.290 e. The van der Waals surface area contributed by atoms with Crippen LogP contribution in [0.3, 0.4) is 0 Å². The molecule has 0 radical (unpaired) electrons.